The molecule has 0 bridgehead atoms. The van der Waals surface area contributed by atoms with Crippen molar-refractivity contribution in [2.24, 2.45) is 5.41 Å². The van der Waals surface area contributed by atoms with Gasteiger partial charge in [0.1, 0.15) is 6.10 Å². The molecule has 1 atom stereocenters. The molecule has 16 heavy (non-hydrogen) atoms. The molecule has 0 aromatic carbocycles. The van der Waals surface area contributed by atoms with Crippen molar-refractivity contribution in [3.05, 3.63) is 0 Å². The molecule has 6 heteroatoms. The smallest absolute Gasteiger partial charge is 0.305 e. The average Bonchev–Trinajstić information content (AvgIpc) is 2.17. The topological polar surface area (TPSA) is 95.9 Å². The second-order valence-electron chi connectivity index (χ2n) is 4.20. The van der Waals surface area contributed by atoms with E-state index in [0.717, 1.165) is 0 Å². The Morgan fingerprint density at radius 2 is 2.00 bits per heavy atom. The standard InChI is InChI=1S/C10H19NO5/c1-10(2,6-12)8(16-3)9(15)11-5-4-7(13)14/h8,12H,4-6H2,1-3H3,(H,11,15)(H,13,14)/t8-/m0/s1. The predicted molar refractivity (Wildman–Crippen MR) is 56.9 cm³/mol. The number of amides is 1. The van der Waals surface area contributed by atoms with E-state index in [-0.39, 0.29) is 19.6 Å². The van der Waals surface area contributed by atoms with Crippen molar-refractivity contribution in [3.8, 4) is 0 Å². The Labute approximate surface area is 94.6 Å². The van der Waals surface area contributed by atoms with E-state index in [2.05, 4.69) is 5.32 Å². The first kappa shape index (κ1) is 14.9. The maximum atomic E-state index is 11.6. The molecule has 0 unspecified atom stereocenters. The van der Waals surface area contributed by atoms with Gasteiger partial charge in [-0.15, -0.1) is 0 Å². The van der Waals surface area contributed by atoms with E-state index < -0.39 is 23.4 Å². The number of carbonyl (C=O) groups is 2. The van der Waals surface area contributed by atoms with Crippen LogP contribution < -0.4 is 5.32 Å². The fourth-order valence-electron chi connectivity index (χ4n) is 1.25. The molecule has 0 spiro atoms. The number of nitrogens with one attached hydrogen (secondary N) is 1. The van der Waals surface area contributed by atoms with Crippen LogP contribution in [0.25, 0.3) is 0 Å². The summed E-state index contributed by atoms with van der Waals surface area (Å²) in [6.45, 7) is 3.24. The summed E-state index contributed by atoms with van der Waals surface area (Å²) in [5.74, 6) is -1.39. The normalized spacial score (nSPS) is 13.2. The molecule has 6 nitrogen and oxygen atoms in total. The number of rotatable bonds is 7. The molecule has 0 fully saturated rings. The van der Waals surface area contributed by atoms with Crippen LogP contribution in [0, 0.1) is 5.41 Å². The Hall–Kier alpha value is -1.14. The molecule has 0 aliphatic rings. The summed E-state index contributed by atoms with van der Waals surface area (Å²) in [5.41, 5.74) is -0.706. The average molecular weight is 233 g/mol. The van der Waals surface area contributed by atoms with Crippen LogP contribution in [0.2, 0.25) is 0 Å². The summed E-state index contributed by atoms with van der Waals surface area (Å²) in [7, 11) is 1.37. The van der Waals surface area contributed by atoms with E-state index in [4.69, 9.17) is 14.9 Å². The summed E-state index contributed by atoms with van der Waals surface area (Å²) in [6, 6.07) is 0. The van der Waals surface area contributed by atoms with Gasteiger partial charge in [0.2, 0.25) is 5.91 Å². The van der Waals surface area contributed by atoms with Crippen LogP contribution >= 0.6 is 0 Å². The highest BCUT2D eigenvalue weighted by Gasteiger charge is 2.34. The summed E-state index contributed by atoms with van der Waals surface area (Å²) in [4.78, 5) is 21.9. The molecule has 0 heterocycles. The molecular weight excluding hydrogens is 214 g/mol. The Kier molecular flexibility index (Phi) is 5.98. The molecule has 0 aliphatic carbocycles. The fourth-order valence-corrected chi connectivity index (χ4v) is 1.25. The van der Waals surface area contributed by atoms with Gasteiger partial charge in [-0.3, -0.25) is 9.59 Å². The van der Waals surface area contributed by atoms with Crippen LogP contribution in [0.5, 0.6) is 0 Å². The molecular formula is C10H19NO5. The van der Waals surface area contributed by atoms with Crippen molar-refractivity contribution in [2.45, 2.75) is 26.4 Å². The minimum absolute atomic E-state index is 0.0511. The Balaban J connectivity index is 4.27. The van der Waals surface area contributed by atoms with Gasteiger partial charge in [0.15, 0.2) is 0 Å². The molecule has 94 valence electrons. The molecule has 0 aromatic rings. The lowest BCUT2D eigenvalue weighted by atomic mass is 9.87. The maximum absolute atomic E-state index is 11.6. The van der Waals surface area contributed by atoms with Gasteiger partial charge in [0.05, 0.1) is 13.0 Å². The third-order valence-electron chi connectivity index (χ3n) is 2.23. The van der Waals surface area contributed by atoms with Crippen LogP contribution in [0.1, 0.15) is 20.3 Å². The van der Waals surface area contributed by atoms with Crippen molar-refractivity contribution in [3.63, 3.8) is 0 Å². The first-order valence-corrected chi connectivity index (χ1v) is 4.98. The van der Waals surface area contributed by atoms with Gasteiger partial charge in [0, 0.05) is 19.1 Å². The number of methoxy groups -OCH3 is 1. The van der Waals surface area contributed by atoms with Crippen molar-refractivity contribution in [1.82, 2.24) is 5.32 Å². The molecule has 0 saturated heterocycles. The van der Waals surface area contributed by atoms with E-state index in [0.29, 0.717) is 0 Å². The summed E-state index contributed by atoms with van der Waals surface area (Å²) < 4.78 is 5.01. The van der Waals surface area contributed by atoms with Crippen molar-refractivity contribution < 1.29 is 24.5 Å². The molecule has 1 amide bonds. The van der Waals surface area contributed by atoms with Crippen LogP contribution in [0.4, 0.5) is 0 Å². The lowest BCUT2D eigenvalue weighted by Gasteiger charge is -2.30. The van der Waals surface area contributed by atoms with Gasteiger partial charge in [-0.1, -0.05) is 13.8 Å². The molecule has 0 rings (SSSR count). The molecule has 3 N–H and O–H groups in total. The van der Waals surface area contributed by atoms with Gasteiger partial charge in [-0.05, 0) is 0 Å². The quantitative estimate of drug-likeness (QED) is 0.556. The van der Waals surface area contributed by atoms with E-state index in [1.165, 1.54) is 7.11 Å². The lowest BCUT2D eigenvalue weighted by Crippen LogP contribution is -2.47. The molecule has 0 radical (unpaired) electrons. The van der Waals surface area contributed by atoms with Gasteiger partial charge in [-0.25, -0.2) is 0 Å². The van der Waals surface area contributed by atoms with Gasteiger partial charge < -0.3 is 20.3 Å². The highest BCUT2D eigenvalue weighted by Crippen LogP contribution is 2.22. The highest BCUT2D eigenvalue weighted by molar-refractivity contribution is 5.82. The Morgan fingerprint density at radius 3 is 2.38 bits per heavy atom. The number of aliphatic hydroxyl groups is 1. The number of ether oxygens (including phenoxy) is 1. The predicted octanol–water partition coefficient (Wildman–Crippen LogP) is -0.389. The largest absolute Gasteiger partial charge is 0.481 e. The number of carboxylic acid groups (broad SMARTS) is 1. The van der Waals surface area contributed by atoms with Gasteiger partial charge in [0.25, 0.3) is 0 Å². The molecule has 0 aliphatic heterocycles. The number of carbonyl (C=O) groups excluding carboxylic acids is 1. The van der Waals surface area contributed by atoms with E-state index in [9.17, 15) is 9.59 Å². The number of aliphatic carboxylic acids is 1. The monoisotopic (exact) mass is 233 g/mol. The summed E-state index contributed by atoms with van der Waals surface area (Å²) in [5, 5.41) is 20.0. The maximum Gasteiger partial charge on any atom is 0.305 e. The van der Waals surface area contributed by atoms with E-state index in [1.807, 2.05) is 0 Å². The second kappa shape index (κ2) is 6.44. The minimum atomic E-state index is -0.976. The van der Waals surface area contributed by atoms with Crippen molar-refractivity contribution in [2.75, 3.05) is 20.3 Å². The third-order valence-corrected chi connectivity index (χ3v) is 2.23. The Morgan fingerprint density at radius 1 is 1.44 bits per heavy atom. The summed E-state index contributed by atoms with van der Waals surface area (Å²) >= 11 is 0. The highest BCUT2D eigenvalue weighted by atomic mass is 16.5. The number of aliphatic hydroxyl groups excluding tert-OH is 1. The summed E-state index contributed by atoms with van der Waals surface area (Å²) in [6.07, 6.45) is -0.937. The SMILES string of the molecule is CO[C@@H](C(=O)NCCC(=O)O)C(C)(C)CO. The zero-order valence-electron chi connectivity index (χ0n) is 9.82. The van der Waals surface area contributed by atoms with Gasteiger partial charge >= 0.3 is 5.97 Å². The number of hydrogen-bond donors (Lipinski definition) is 3. The van der Waals surface area contributed by atoms with Crippen molar-refractivity contribution in [1.29, 1.82) is 0 Å². The lowest BCUT2D eigenvalue weighted by molar-refractivity contribution is -0.140. The van der Waals surface area contributed by atoms with Crippen LogP contribution in [-0.4, -0.2) is 48.5 Å². The molecule has 0 saturated carbocycles. The third kappa shape index (κ3) is 4.59. The van der Waals surface area contributed by atoms with Crippen LogP contribution in [0.15, 0.2) is 0 Å². The minimum Gasteiger partial charge on any atom is -0.481 e. The fraction of sp³-hybridized carbons (Fsp3) is 0.800. The number of hydrogen-bond acceptors (Lipinski definition) is 4. The molecule has 0 aromatic heterocycles. The zero-order valence-corrected chi connectivity index (χ0v) is 9.82. The van der Waals surface area contributed by atoms with Crippen LogP contribution in [0.3, 0.4) is 0 Å². The Bertz CT molecular complexity index is 252. The second-order valence-corrected chi connectivity index (χ2v) is 4.20. The van der Waals surface area contributed by atoms with Crippen LogP contribution in [-0.2, 0) is 14.3 Å². The van der Waals surface area contributed by atoms with E-state index in [1.54, 1.807) is 13.8 Å². The first-order valence-electron chi connectivity index (χ1n) is 4.98. The van der Waals surface area contributed by atoms with Gasteiger partial charge in [-0.2, -0.15) is 0 Å². The number of carboxylic acids is 1. The first-order chi connectivity index (χ1) is 7.35. The van der Waals surface area contributed by atoms with E-state index >= 15 is 0 Å². The van der Waals surface area contributed by atoms with Crippen molar-refractivity contribution >= 4 is 11.9 Å². The zero-order chi connectivity index (χ0) is 12.8.